The van der Waals surface area contributed by atoms with Gasteiger partial charge >= 0.3 is 0 Å². The van der Waals surface area contributed by atoms with Crippen molar-refractivity contribution < 1.29 is 9.18 Å². The number of halogens is 2. The first kappa shape index (κ1) is 6.02. The molecule has 2 atom stereocenters. The van der Waals surface area contributed by atoms with Gasteiger partial charge in [0.1, 0.15) is 6.29 Å². The van der Waals surface area contributed by atoms with Gasteiger partial charge in [0.15, 0.2) is 5.13 Å². The molecular weight excluding hydrogens is 131 g/mol. The van der Waals surface area contributed by atoms with Gasteiger partial charge in [0.05, 0.1) is 0 Å². The number of hydrogen-bond donors (Lipinski definition) is 0. The number of hydrogen-bond acceptors (Lipinski definition) is 1. The average Bonchev–Trinajstić information content (AvgIpc) is 2.15. The van der Waals surface area contributed by atoms with Crippen molar-refractivity contribution >= 4 is 17.9 Å². The molecule has 0 aromatic rings. The van der Waals surface area contributed by atoms with E-state index >= 15 is 0 Å². The summed E-state index contributed by atoms with van der Waals surface area (Å²) >= 11 is 5.16. The first-order valence-electron chi connectivity index (χ1n) is 2.48. The highest BCUT2D eigenvalue weighted by Gasteiger charge is 2.53. The summed E-state index contributed by atoms with van der Waals surface area (Å²) in [5.41, 5.74) is 0. The van der Waals surface area contributed by atoms with Crippen molar-refractivity contribution in [3.8, 4) is 0 Å². The van der Waals surface area contributed by atoms with Crippen molar-refractivity contribution in [1.82, 2.24) is 0 Å². The smallest absolute Gasteiger partial charge is 0.187 e. The van der Waals surface area contributed by atoms with E-state index in [0.717, 1.165) is 0 Å². The van der Waals surface area contributed by atoms with Crippen molar-refractivity contribution in [2.45, 2.75) is 18.0 Å². The molecule has 1 aliphatic carbocycles. The highest BCUT2D eigenvalue weighted by atomic mass is 35.5. The molecule has 0 heterocycles. The van der Waals surface area contributed by atoms with Crippen molar-refractivity contribution in [2.24, 2.45) is 5.92 Å². The Hall–Kier alpha value is -0.110. The van der Waals surface area contributed by atoms with Gasteiger partial charge in [-0.05, 0) is 0 Å². The maximum Gasteiger partial charge on any atom is 0.187 e. The molecule has 0 N–H and O–H groups in total. The molecule has 1 nitrogen and oxygen atoms in total. The van der Waals surface area contributed by atoms with Crippen molar-refractivity contribution in [2.75, 3.05) is 0 Å². The Morgan fingerprint density at radius 1 is 2.00 bits per heavy atom. The molecule has 3 heteroatoms. The quantitative estimate of drug-likeness (QED) is 0.415. The highest BCUT2D eigenvalue weighted by Crippen LogP contribution is 2.52. The Bertz CT molecular complexity index is 113. The molecular formula is C5H6ClFO. The summed E-state index contributed by atoms with van der Waals surface area (Å²) in [7, 11) is 0. The summed E-state index contributed by atoms with van der Waals surface area (Å²) in [6.07, 6.45) is 1.31. The summed E-state index contributed by atoms with van der Waals surface area (Å²) in [6.45, 7) is 0. The third kappa shape index (κ3) is 0.996. The first-order valence-corrected chi connectivity index (χ1v) is 2.86. The zero-order valence-corrected chi connectivity index (χ0v) is 4.99. The summed E-state index contributed by atoms with van der Waals surface area (Å²) in [5, 5.41) is -1.54. The van der Waals surface area contributed by atoms with Gasteiger partial charge in [0.2, 0.25) is 0 Å². The minimum absolute atomic E-state index is 0.207. The minimum Gasteiger partial charge on any atom is -0.303 e. The molecule has 0 radical (unpaired) electrons. The predicted molar refractivity (Wildman–Crippen MR) is 28.5 cm³/mol. The first-order chi connectivity index (χ1) is 3.67. The lowest BCUT2D eigenvalue weighted by Crippen LogP contribution is -1.91. The van der Waals surface area contributed by atoms with Gasteiger partial charge in [0.25, 0.3) is 0 Å². The predicted octanol–water partition coefficient (Wildman–Crippen LogP) is 1.50. The van der Waals surface area contributed by atoms with Crippen molar-refractivity contribution in [3.63, 3.8) is 0 Å². The monoisotopic (exact) mass is 136 g/mol. The summed E-state index contributed by atoms with van der Waals surface area (Å²) < 4.78 is 12.3. The summed E-state index contributed by atoms with van der Waals surface area (Å²) in [5.74, 6) is -0.207. The molecule has 0 saturated heterocycles. The topological polar surface area (TPSA) is 17.1 Å². The van der Waals surface area contributed by atoms with Crippen LogP contribution in [0.2, 0.25) is 0 Å². The van der Waals surface area contributed by atoms with Crippen LogP contribution >= 0.6 is 11.6 Å². The van der Waals surface area contributed by atoms with E-state index in [4.69, 9.17) is 11.6 Å². The molecule has 0 spiro atoms. The average molecular weight is 137 g/mol. The minimum atomic E-state index is -1.54. The molecule has 0 aliphatic heterocycles. The number of carbonyl (C=O) groups is 1. The fourth-order valence-corrected chi connectivity index (χ4v) is 0.917. The van der Waals surface area contributed by atoms with Crippen LogP contribution in [0.5, 0.6) is 0 Å². The highest BCUT2D eigenvalue weighted by molar-refractivity contribution is 6.25. The summed E-state index contributed by atoms with van der Waals surface area (Å²) in [6, 6.07) is 0. The van der Waals surface area contributed by atoms with Crippen molar-refractivity contribution in [1.29, 1.82) is 0 Å². The van der Waals surface area contributed by atoms with Gasteiger partial charge in [-0.3, -0.25) is 0 Å². The molecule has 0 aromatic heterocycles. The van der Waals surface area contributed by atoms with E-state index in [0.29, 0.717) is 12.7 Å². The Labute approximate surface area is 51.8 Å². The van der Waals surface area contributed by atoms with Crippen LogP contribution in [0.3, 0.4) is 0 Å². The molecule has 0 aromatic carbocycles. The molecule has 2 unspecified atom stereocenters. The van der Waals surface area contributed by atoms with Gasteiger partial charge in [-0.2, -0.15) is 0 Å². The Kier molecular flexibility index (Phi) is 1.27. The van der Waals surface area contributed by atoms with E-state index in [-0.39, 0.29) is 12.3 Å². The number of aldehydes is 1. The molecule has 1 fully saturated rings. The van der Waals surface area contributed by atoms with Crippen LogP contribution in [0.1, 0.15) is 12.8 Å². The third-order valence-corrected chi connectivity index (χ3v) is 1.80. The zero-order valence-electron chi connectivity index (χ0n) is 4.23. The third-order valence-electron chi connectivity index (χ3n) is 1.34. The normalized spacial score (nSPS) is 44.0. The maximum absolute atomic E-state index is 12.3. The van der Waals surface area contributed by atoms with Crippen LogP contribution in [0.15, 0.2) is 0 Å². The second-order valence-corrected chi connectivity index (χ2v) is 2.69. The summed E-state index contributed by atoms with van der Waals surface area (Å²) in [4.78, 5) is 9.72. The number of alkyl halides is 2. The van der Waals surface area contributed by atoms with E-state index in [1.54, 1.807) is 0 Å². The molecule has 46 valence electrons. The Morgan fingerprint density at radius 2 is 2.50 bits per heavy atom. The van der Waals surface area contributed by atoms with Crippen LogP contribution < -0.4 is 0 Å². The standard InChI is InChI=1S/C5H6ClFO/c6-5(7)3-4(5)1-2-8/h2,4H,1,3H2. The van der Waals surface area contributed by atoms with Crippen molar-refractivity contribution in [3.05, 3.63) is 0 Å². The van der Waals surface area contributed by atoms with E-state index in [9.17, 15) is 9.18 Å². The Balaban J connectivity index is 2.26. The second kappa shape index (κ2) is 1.69. The van der Waals surface area contributed by atoms with E-state index in [1.807, 2.05) is 0 Å². The van der Waals surface area contributed by atoms with Gasteiger partial charge in [-0.15, -0.1) is 0 Å². The lowest BCUT2D eigenvalue weighted by atomic mass is 10.3. The fraction of sp³-hybridized carbons (Fsp3) is 0.800. The van der Waals surface area contributed by atoms with Gasteiger partial charge in [-0.1, -0.05) is 11.6 Å². The zero-order chi connectivity index (χ0) is 6.20. The second-order valence-electron chi connectivity index (χ2n) is 2.06. The van der Waals surface area contributed by atoms with Crippen LogP contribution in [-0.4, -0.2) is 11.4 Å². The molecule has 0 amide bonds. The van der Waals surface area contributed by atoms with Gasteiger partial charge in [0, 0.05) is 18.8 Å². The lowest BCUT2D eigenvalue weighted by molar-refractivity contribution is -0.108. The molecule has 1 saturated carbocycles. The molecule has 8 heavy (non-hydrogen) atoms. The van der Waals surface area contributed by atoms with Crippen LogP contribution in [0, 0.1) is 5.92 Å². The molecule has 0 bridgehead atoms. The molecule has 1 aliphatic rings. The largest absolute Gasteiger partial charge is 0.303 e. The van der Waals surface area contributed by atoms with Crippen LogP contribution in [0.25, 0.3) is 0 Å². The van der Waals surface area contributed by atoms with Gasteiger partial charge in [-0.25, -0.2) is 4.39 Å². The lowest BCUT2D eigenvalue weighted by Gasteiger charge is -1.88. The molecule has 1 rings (SSSR count). The number of rotatable bonds is 2. The van der Waals surface area contributed by atoms with Gasteiger partial charge < -0.3 is 4.79 Å². The maximum atomic E-state index is 12.3. The van der Waals surface area contributed by atoms with Crippen LogP contribution in [0.4, 0.5) is 4.39 Å². The Morgan fingerprint density at radius 3 is 2.62 bits per heavy atom. The van der Waals surface area contributed by atoms with Crippen LogP contribution in [-0.2, 0) is 4.79 Å². The SMILES string of the molecule is O=CCC1CC1(F)Cl. The van der Waals surface area contributed by atoms with E-state index in [1.165, 1.54) is 0 Å². The van der Waals surface area contributed by atoms with E-state index in [2.05, 4.69) is 0 Å². The number of carbonyl (C=O) groups excluding carboxylic acids is 1. The fourth-order valence-electron chi connectivity index (χ4n) is 0.642. The van der Waals surface area contributed by atoms with E-state index < -0.39 is 5.13 Å².